The number of carbonyl (C=O) groups is 1. The Balaban J connectivity index is 2.23. The Bertz CT molecular complexity index is 1190. The number of carbonyl (C=O) groups excluding carboxylic acids is 1. The van der Waals surface area contributed by atoms with Gasteiger partial charge < -0.3 is 10.7 Å². The van der Waals surface area contributed by atoms with Crippen molar-refractivity contribution in [3.05, 3.63) is 64.7 Å². The number of anilines is 1. The first-order valence-corrected chi connectivity index (χ1v) is 9.80. The number of aromatic amines is 1. The maximum absolute atomic E-state index is 12.2. The zero-order valence-corrected chi connectivity index (χ0v) is 16.2. The van der Waals surface area contributed by atoms with Gasteiger partial charge in [0.05, 0.1) is 21.7 Å². The second-order valence-electron chi connectivity index (χ2n) is 6.53. The van der Waals surface area contributed by atoms with Gasteiger partial charge in [-0.25, -0.2) is 8.42 Å². The fraction of sp³-hybridized carbons (Fsp3) is 0.150. The third-order valence-corrected chi connectivity index (χ3v) is 6.03. The Labute approximate surface area is 158 Å². The number of H-pyrrole nitrogens is 1. The molecule has 0 unspecified atom stereocenters. The lowest BCUT2D eigenvalue weighted by Crippen LogP contribution is -2.14. The van der Waals surface area contributed by atoms with Crippen molar-refractivity contribution in [3.63, 3.8) is 0 Å². The maximum atomic E-state index is 12.2. The van der Waals surface area contributed by atoms with Crippen molar-refractivity contribution >= 4 is 32.5 Å². The second kappa shape index (κ2) is 6.59. The Morgan fingerprint density at radius 2 is 1.85 bits per heavy atom. The average Bonchev–Trinajstić information content (AvgIpc) is 2.98. The molecule has 140 valence electrons. The molecule has 0 aliphatic carbocycles. The molecule has 6 nitrogen and oxygen atoms in total. The Hall–Kier alpha value is -3.06. The van der Waals surface area contributed by atoms with Gasteiger partial charge in [-0.3, -0.25) is 9.52 Å². The first-order chi connectivity index (χ1) is 12.6. The van der Waals surface area contributed by atoms with E-state index in [1.807, 2.05) is 32.2 Å². The summed E-state index contributed by atoms with van der Waals surface area (Å²) in [6, 6.07) is 8.93. The van der Waals surface area contributed by atoms with Crippen molar-refractivity contribution in [1.82, 2.24) is 4.98 Å². The average molecular weight is 383 g/mol. The zero-order chi connectivity index (χ0) is 19.9. The summed E-state index contributed by atoms with van der Waals surface area (Å²) in [7, 11) is -3.64. The number of nitrogens with one attached hydrogen (secondary N) is 2. The minimum Gasteiger partial charge on any atom is -0.366 e. The van der Waals surface area contributed by atoms with Gasteiger partial charge in [0.1, 0.15) is 0 Å². The van der Waals surface area contributed by atoms with Crippen LogP contribution < -0.4 is 10.5 Å². The van der Waals surface area contributed by atoms with Crippen LogP contribution in [0.4, 0.5) is 5.69 Å². The minimum absolute atomic E-state index is 0.0435. The third kappa shape index (κ3) is 3.21. The number of allylic oxidation sites excluding steroid dienone is 1. The van der Waals surface area contributed by atoms with Crippen molar-refractivity contribution in [2.75, 3.05) is 4.72 Å². The summed E-state index contributed by atoms with van der Waals surface area (Å²) in [6.45, 7) is 8.74. The summed E-state index contributed by atoms with van der Waals surface area (Å²) < 4.78 is 26.9. The number of nitrogens with two attached hydrogens (primary N) is 1. The third-order valence-electron chi connectivity index (χ3n) is 4.63. The molecule has 3 rings (SSSR count). The molecule has 0 fully saturated rings. The lowest BCUT2D eigenvalue weighted by molar-refractivity contribution is 0.100. The van der Waals surface area contributed by atoms with Crippen LogP contribution in [0.2, 0.25) is 0 Å². The minimum atomic E-state index is -3.64. The Morgan fingerprint density at radius 3 is 2.48 bits per heavy atom. The highest BCUT2D eigenvalue weighted by Crippen LogP contribution is 2.36. The van der Waals surface area contributed by atoms with Crippen LogP contribution in [0.1, 0.15) is 28.4 Å². The fourth-order valence-electron chi connectivity index (χ4n) is 3.11. The van der Waals surface area contributed by atoms with Gasteiger partial charge in [-0.15, -0.1) is 0 Å². The highest BCUT2D eigenvalue weighted by molar-refractivity contribution is 7.96. The van der Waals surface area contributed by atoms with Gasteiger partial charge in [-0.1, -0.05) is 24.8 Å². The number of aromatic nitrogens is 1. The highest BCUT2D eigenvalue weighted by atomic mass is 32.2. The quantitative estimate of drug-likeness (QED) is 0.623. The summed E-state index contributed by atoms with van der Waals surface area (Å²) in [5, 5.41) is 0.884. The van der Waals surface area contributed by atoms with E-state index in [2.05, 4.69) is 16.3 Å². The van der Waals surface area contributed by atoms with E-state index in [1.54, 1.807) is 18.2 Å². The number of primary amides is 1. The molecule has 3 aromatic rings. The van der Waals surface area contributed by atoms with Crippen LogP contribution >= 0.6 is 0 Å². The monoisotopic (exact) mass is 383 g/mol. The molecule has 27 heavy (non-hydrogen) atoms. The largest absolute Gasteiger partial charge is 0.366 e. The van der Waals surface area contributed by atoms with Gasteiger partial charge in [-0.2, -0.15) is 0 Å². The number of sulfonamides is 1. The zero-order valence-electron chi connectivity index (χ0n) is 15.4. The van der Waals surface area contributed by atoms with E-state index in [0.717, 1.165) is 27.6 Å². The van der Waals surface area contributed by atoms with Crippen LogP contribution in [0.25, 0.3) is 22.0 Å². The number of benzene rings is 2. The first-order valence-electron chi connectivity index (χ1n) is 8.32. The van der Waals surface area contributed by atoms with Crippen LogP contribution in [-0.4, -0.2) is 19.3 Å². The summed E-state index contributed by atoms with van der Waals surface area (Å²) in [5.41, 5.74) is 10.5. The summed E-state index contributed by atoms with van der Waals surface area (Å²) in [4.78, 5) is 14.9. The van der Waals surface area contributed by atoms with Crippen LogP contribution in [0.5, 0.6) is 0 Å². The number of hydrogen-bond acceptors (Lipinski definition) is 3. The molecule has 1 amide bonds. The SMILES string of the molecule is C=C(C)S(=O)(=O)Nc1cccc(-c2ccc(C(N)=O)c3[nH]cc(C)c23)c1C. The van der Waals surface area contributed by atoms with Gasteiger partial charge in [0.15, 0.2) is 0 Å². The molecule has 4 N–H and O–H groups in total. The molecule has 2 aromatic carbocycles. The summed E-state index contributed by atoms with van der Waals surface area (Å²) in [5.74, 6) is -0.506. The first kappa shape index (κ1) is 18.7. The van der Waals surface area contributed by atoms with Gasteiger partial charge in [0.25, 0.3) is 15.9 Å². The van der Waals surface area contributed by atoms with Crippen molar-refractivity contribution in [3.8, 4) is 11.1 Å². The summed E-state index contributed by atoms with van der Waals surface area (Å²) >= 11 is 0. The predicted octanol–water partition coefficient (Wildman–Crippen LogP) is 3.83. The van der Waals surface area contributed by atoms with E-state index >= 15 is 0 Å². The molecule has 7 heteroatoms. The predicted molar refractivity (Wildman–Crippen MR) is 109 cm³/mol. The highest BCUT2D eigenvalue weighted by Gasteiger charge is 2.18. The summed E-state index contributed by atoms with van der Waals surface area (Å²) in [6.07, 6.45) is 1.82. The number of rotatable bonds is 5. The van der Waals surface area contributed by atoms with E-state index < -0.39 is 15.9 Å². The molecule has 0 aliphatic heterocycles. The number of fused-ring (bicyclic) bond motifs is 1. The smallest absolute Gasteiger partial charge is 0.257 e. The van der Waals surface area contributed by atoms with Crippen molar-refractivity contribution < 1.29 is 13.2 Å². The van der Waals surface area contributed by atoms with Crippen LogP contribution in [-0.2, 0) is 10.0 Å². The van der Waals surface area contributed by atoms with Crippen LogP contribution in [0.15, 0.2) is 48.0 Å². The van der Waals surface area contributed by atoms with Crippen LogP contribution in [0, 0.1) is 13.8 Å². The standard InChI is InChI=1S/C20H21N3O3S/c1-11(2)27(25,26)23-17-7-5-6-14(13(17)4)15-8-9-16(20(21)24)19-18(15)12(3)10-22-19/h5-10,22-23H,1H2,2-4H3,(H2,21,24). The maximum Gasteiger partial charge on any atom is 0.257 e. The molecule has 0 radical (unpaired) electrons. The van der Waals surface area contributed by atoms with Gasteiger partial charge in [0, 0.05) is 11.6 Å². The number of amides is 1. The fourth-order valence-corrected chi connectivity index (χ4v) is 3.80. The van der Waals surface area contributed by atoms with Crippen molar-refractivity contribution in [2.45, 2.75) is 20.8 Å². The van der Waals surface area contributed by atoms with Gasteiger partial charge in [-0.05, 0) is 55.2 Å². The lowest BCUT2D eigenvalue weighted by atomic mass is 9.93. The molecule has 0 spiro atoms. The number of aryl methyl sites for hydroxylation is 1. The lowest BCUT2D eigenvalue weighted by Gasteiger charge is -2.15. The molecule has 0 aliphatic rings. The van der Waals surface area contributed by atoms with Crippen molar-refractivity contribution in [2.24, 2.45) is 5.73 Å². The second-order valence-corrected chi connectivity index (χ2v) is 8.44. The van der Waals surface area contributed by atoms with Gasteiger partial charge in [0.2, 0.25) is 0 Å². The Kier molecular flexibility index (Phi) is 4.57. The normalized spacial score (nSPS) is 11.5. The van der Waals surface area contributed by atoms with Crippen molar-refractivity contribution in [1.29, 1.82) is 0 Å². The van der Waals surface area contributed by atoms with E-state index in [1.165, 1.54) is 6.92 Å². The topological polar surface area (TPSA) is 105 Å². The molecule has 0 saturated carbocycles. The Morgan fingerprint density at radius 1 is 1.15 bits per heavy atom. The number of hydrogen-bond donors (Lipinski definition) is 3. The van der Waals surface area contributed by atoms with E-state index in [4.69, 9.17) is 5.73 Å². The molecule has 0 saturated heterocycles. The van der Waals surface area contributed by atoms with Gasteiger partial charge >= 0.3 is 0 Å². The molecule has 1 aromatic heterocycles. The molecule has 0 bridgehead atoms. The van der Waals surface area contributed by atoms with E-state index in [0.29, 0.717) is 16.8 Å². The molecule has 0 atom stereocenters. The molecular formula is C20H21N3O3S. The van der Waals surface area contributed by atoms with Crippen LogP contribution in [0.3, 0.4) is 0 Å². The van der Waals surface area contributed by atoms with E-state index in [9.17, 15) is 13.2 Å². The molecule has 1 heterocycles. The molecular weight excluding hydrogens is 362 g/mol. The van der Waals surface area contributed by atoms with E-state index in [-0.39, 0.29) is 4.91 Å².